The van der Waals surface area contributed by atoms with Gasteiger partial charge in [0.2, 0.25) is 0 Å². The lowest BCUT2D eigenvalue weighted by Gasteiger charge is -2.11. The molecule has 1 aromatic carbocycles. The van der Waals surface area contributed by atoms with E-state index < -0.39 is 21.9 Å². The molecule has 28 heavy (non-hydrogen) atoms. The van der Waals surface area contributed by atoms with Crippen LogP contribution in [0.2, 0.25) is 0 Å². The second-order valence-corrected chi connectivity index (χ2v) is 8.83. The van der Waals surface area contributed by atoms with E-state index in [4.69, 9.17) is 0 Å². The van der Waals surface area contributed by atoms with Crippen molar-refractivity contribution < 1.29 is 22.7 Å². The Kier molecular flexibility index (Phi) is 5.80. The van der Waals surface area contributed by atoms with Crippen molar-refractivity contribution in [3.63, 3.8) is 0 Å². The van der Waals surface area contributed by atoms with E-state index in [1.807, 2.05) is 11.9 Å². The van der Waals surface area contributed by atoms with Crippen LogP contribution in [0, 0.1) is 0 Å². The maximum Gasteiger partial charge on any atom is 0.348 e. The Bertz CT molecular complexity index is 1030. The normalized spacial score (nSPS) is 15.6. The molecule has 0 aliphatic carbocycles. The van der Waals surface area contributed by atoms with Gasteiger partial charge in [0.25, 0.3) is 15.9 Å². The monoisotopic (exact) mass is 421 g/mol. The third-order valence-electron chi connectivity index (χ3n) is 4.19. The van der Waals surface area contributed by atoms with Crippen molar-refractivity contribution in [3.8, 4) is 0 Å². The second-order valence-electron chi connectivity index (χ2n) is 6.14. The number of sulfonamides is 1. The van der Waals surface area contributed by atoms with Crippen LogP contribution in [-0.4, -0.2) is 51.7 Å². The van der Waals surface area contributed by atoms with Crippen LogP contribution in [0.1, 0.15) is 32.2 Å². The van der Waals surface area contributed by atoms with Crippen LogP contribution in [-0.2, 0) is 14.8 Å². The first-order chi connectivity index (χ1) is 13.3. The predicted molar refractivity (Wildman–Crippen MR) is 107 cm³/mol. The van der Waals surface area contributed by atoms with Gasteiger partial charge < -0.3 is 15.0 Å². The zero-order valence-corrected chi connectivity index (χ0v) is 17.0. The topological polar surface area (TPSA) is 105 Å². The summed E-state index contributed by atoms with van der Waals surface area (Å²) in [5.74, 6) is -0.354. The smallest absolute Gasteiger partial charge is 0.348 e. The largest absolute Gasteiger partial charge is 0.465 e. The first-order valence-electron chi connectivity index (χ1n) is 8.45. The number of likely N-dealkylation sites (tertiary alicyclic amines) is 1. The summed E-state index contributed by atoms with van der Waals surface area (Å²) in [6.07, 6.45) is 1.52. The van der Waals surface area contributed by atoms with E-state index in [0.717, 1.165) is 24.3 Å². The van der Waals surface area contributed by atoms with Gasteiger partial charge in [0, 0.05) is 25.7 Å². The van der Waals surface area contributed by atoms with Crippen LogP contribution in [0.25, 0.3) is 0 Å². The number of nitrogens with zero attached hydrogens (tertiary/aromatic N) is 2. The van der Waals surface area contributed by atoms with Gasteiger partial charge in [-0.15, -0.1) is 15.7 Å². The summed E-state index contributed by atoms with van der Waals surface area (Å²) in [4.78, 5) is 26.3. The van der Waals surface area contributed by atoms with Crippen LogP contribution >= 0.6 is 11.3 Å². The van der Waals surface area contributed by atoms with Gasteiger partial charge >= 0.3 is 5.97 Å². The van der Waals surface area contributed by atoms with Crippen molar-refractivity contribution in [2.45, 2.75) is 17.7 Å². The number of hydrogen-bond donors (Lipinski definition) is 1. The van der Waals surface area contributed by atoms with Crippen LogP contribution in [0.3, 0.4) is 0 Å². The molecule has 1 aliphatic rings. The molecule has 0 atom stereocenters. The molecular formula is C18H19N3O5S2. The van der Waals surface area contributed by atoms with Gasteiger partial charge in [-0.25, -0.2) is 4.79 Å². The fraction of sp³-hybridized carbons (Fsp3) is 0.278. The average Bonchev–Trinajstić information content (AvgIpc) is 3.31. The number of benzene rings is 1. The zero-order valence-electron chi connectivity index (χ0n) is 15.3. The van der Waals surface area contributed by atoms with Crippen LogP contribution in [0.4, 0.5) is 5.69 Å². The number of amidine groups is 1. The van der Waals surface area contributed by atoms with Crippen molar-refractivity contribution in [2.24, 2.45) is 4.40 Å². The molecular weight excluding hydrogens is 402 g/mol. The summed E-state index contributed by atoms with van der Waals surface area (Å²) in [5.41, 5.74) is 0.433. The number of ether oxygens (including phenoxy) is 1. The molecule has 0 saturated carbocycles. The van der Waals surface area contributed by atoms with E-state index in [1.54, 1.807) is 0 Å². The summed E-state index contributed by atoms with van der Waals surface area (Å²) >= 11 is 1.01. The van der Waals surface area contributed by atoms with Crippen molar-refractivity contribution in [2.75, 3.05) is 26.0 Å². The highest BCUT2D eigenvalue weighted by Crippen LogP contribution is 2.21. The summed E-state index contributed by atoms with van der Waals surface area (Å²) in [7, 11) is -0.712. The number of anilines is 1. The molecule has 148 valence electrons. The van der Waals surface area contributed by atoms with Gasteiger partial charge in [0.1, 0.15) is 10.7 Å². The number of hydrogen-bond acceptors (Lipinski definition) is 6. The van der Waals surface area contributed by atoms with E-state index in [2.05, 4.69) is 14.5 Å². The minimum Gasteiger partial charge on any atom is -0.465 e. The maximum absolute atomic E-state index is 12.4. The summed E-state index contributed by atoms with van der Waals surface area (Å²) in [6.45, 7) is 0.791. The van der Waals surface area contributed by atoms with Crippen LogP contribution in [0.15, 0.2) is 45.7 Å². The molecule has 0 radical (unpaired) electrons. The number of thiophene rings is 1. The fourth-order valence-corrected chi connectivity index (χ4v) is 4.59. The third kappa shape index (κ3) is 4.39. The Morgan fingerprint density at radius 1 is 1.14 bits per heavy atom. The van der Waals surface area contributed by atoms with Crippen LogP contribution in [0.5, 0.6) is 0 Å². The van der Waals surface area contributed by atoms with Crippen molar-refractivity contribution >= 4 is 44.8 Å². The average molecular weight is 422 g/mol. The van der Waals surface area contributed by atoms with Crippen molar-refractivity contribution in [3.05, 3.63) is 46.2 Å². The van der Waals surface area contributed by atoms with Gasteiger partial charge in [-0.05, 0) is 42.8 Å². The number of nitrogens with one attached hydrogen (secondary N) is 1. The number of esters is 1. The highest BCUT2D eigenvalue weighted by atomic mass is 32.2. The quantitative estimate of drug-likeness (QED) is 0.744. The van der Waals surface area contributed by atoms with E-state index in [0.29, 0.717) is 27.7 Å². The number of rotatable bonds is 5. The highest BCUT2D eigenvalue weighted by Gasteiger charge is 2.20. The van der Waals surface area contributed by atoms with E-state index >= 15 is 0 Å². The summed E-state index contributed by atoms with van der Waals surface area (Å²) < 4.78 is 33.4. The van der Waals surface area contributed by atoms with E-state index in [9.17, 15) is 18.0 Å². The lowest BCUT2D eigenvalue weighted by molar-refractivity contribution is 0.0606. The van der Waals surface area contributed by atoms with E-state index in [-0.39, 0.29) is 4.90 Å². The number of carbonyl (C=O) groups excluding carboxylic acids is 2. The van der Waals surface area contributed by atoms with Gasteiger partial charge in [-0.1, -0.05) is 0 Å². The minimum atomic E-state index is -3.80. The predicted octanol–water partition coefficient (Wildman–Crippen LogP) is 2.60. The van der Waals surface area contributed by atoms with Gasteiger partial charge in [0.05, 0.1) is 16.9 Å². The molecule has 10 heteroatoms. The van der Waals surface area contributed by atoms with Gasteiger partial charge in [0.15, 0.2) is 0 Å². The second kappa shape index (κ2) is 8.11. The highest BCUT2D eigenvalue weighted by molar-refractivity contribution is 7.90. The molecule has 1 N–H and O–H groups in total. The first-order valence-corrected chi connectivity index (χ1v) is 10.7. The Morgan fingerprint density at radius 2 is 1.82 bits per heavy atom. The number of methoxy groups -OCH3 is 1. The maximum atomic E-state index is 12.4. The zero-order chi connectivity index (χ0) is 20.3. The Morgan fingerprint density at radius 3 is 2.43 bits per heavy atom. The van der Waals surface area contributed by atoms with Crippen molar-refractivity contribution in [1.29, 1.82) is 0 Å². The molecule has 3 rings (SSSR count). The lowest BCUT2D eigenvalue weighted by Crippen LogP contribution is -2.20. The molecule has 8 nitrogen and oxygen atoms in total. The minimum absolute atomic E-state index is 0.0578. The molecule has 1 aromatic heterocycles. The molecule has 1 aliphatic heterocycles. The Labute approximate surface area is 166 Å². The fourth-order valence-electron chi connectivity index (χ4n) is 2.67. The van der Waals surface area contributed by atoms with Gasteiger partial charge in [-0.2, -0.15) is 8.42 Å². The first kappa shape index (κ1) is 20.0. The van der Waals surface area contributed by atoms with Gasteiger partial charge in [-0.3, -0.25) is 4.79 Å². The van der Waals surface area contributed by atoms with Crippen LogP contribution < -0.4 is 5.32 Å². The number of carbonyl (C=O) groups is 2. The van der Waals surface area contributed by atoms with Crippen molar-refractivity contribution in [1.82, 2.24) is 4.90 Å². The standard InChI is InChI=1S/C18H19N3O5S2/c1-21-11-3-4-16(21)20-28(24,25)13-7-5-12(6-8-13)19-17(22)14-9-10-15(27-14)18(23)26-2/h5-10H,3-4,11H2,1-2H3,(H,19,22)/b20-16-. The lowest BCUT2D eigenvalue weighted by atomic mass is 10.3. The van der Waals surface area contributed by atoms with E-state index in [1.165, 1.54) is 43.5 Å². The summed E-state index contributed by atoms with van der Waals surface area (Å²) in [5, 5.41) is 2.67. The SMILES string of the molecule is COC(=O)c1ccc(C(=O)Nc2ccc(S(=O)(=O)/N=C3/CCCN3C)cc2)s1. The Balaban J connectivity index is 1.71. The number of amides is 1. The summed E-state index contributed by atoms with van der Waals surface area (Å²) in [6, 6.07) is 8.84. The molecule has 0 bridgehead atoms. The third-order valence-corrected chi connectivity index (χ3v) is 6.57. The molecule has 0 spiro atoms. The Hall–Kier alpha value is -2.72. The molecule has 2 aromatic rings. The molecule has 1 fully saturated rings. The molecule has 1 saturated heterocycles. The molecule has 2 heterocycles. The molecule has 1 amide bonds. The molecule has 0 unspecified atom stereocenters.